The number of fused-ring (bicyclic) bond motifs is 3. The molecule has 4 heterocycles. The van der Waals surface area contributed by atoms with Gasteiger partial charge in [0.1, 0.15) is 28.6 Å². The summed E-state index contributed by atoms with van der Waals surface area (Å²) in [6.07, 6.45) is 6.53. The Balaban J connectivity index is 1.58. The number of allylic oxidation sites excluding steroid dienone is 2. The van der Waals surface area contributed by atoms with Crippen LogP contribution in [0.1, 0.15) is 83.7 Å². The minimum Gasteiger partial charge on any atom is -0.507 e. The van der Waals surface area contributed by atoms with Crippen LogP contribution < -0.4 is 20.8 Å². The van der Waals surface area contributed by atoms with Crippen molar-refractivity contribution in [2.75, 3.05) is 32.6 Å². The summed E-state index contributed by atoms with van der Waals surface area (Å²) in [7, 11) is 3.53. The van der Waals surface area contributed by atoms with Crippen LogP contribution in [0.3, 0.4) is 0 Å². The molecule has 0 aliphatic carbocycles. The number of anilines is 1. The van der Waals surface area contributed by atoms with Gasteiger partial charge in [-0.2, -0.15) is 0 Å². The highest BCUT2D eigenvalue weighted by Crippen LogP contribution is 2.49. The van der Waals surface area contributed by atoms with Gasteiger partial charge in [0.25, 0.3) is 11.7 Å². The maximum atomic E-state index is 14.7. The molecule has 5 N–H and O–H groups in total. The fourth-order valence-corrected chi connectivity index (χ4v) is 9.20. The van der Waals surface area contributed by atoms with Crippen LogP contribution in [0, 0.1) is 30.6 Å². The molecule has 6 rings (SSSR count). The standard InChI is InChI=1S/C45H60N4O11/c1-21-12-11-13-22(2)44(56)48-36-35-34(46-18-16-28-14-15-29(20-47-35)49(28)9)31-32(40(36)54)39(53)26(6)42-33(31)43(55)45(8,60-42)58-19-17-30(57-10)23(3)41(59-27(7)50)25(5)38(52)24(4)37(21)51/h11-13,17,19,21,23-25,28-30,37-38,41,51-54H,14-16,18,20H2,1-10H3,(H,48,56)/b12-11+,19-17+,22-13-,46-34?,47-35?/t21-,23+,24+,25+,28+,29-,30-,37-,38+,41+,45-/m0/s1. The summed E-state index contributed by atoms with van der Waals surface area (Å²) < 4.78 is 24.0. The fraction of sp³-hybridized carbons (Fsp3) is 0.578. The highest BCUT2D eigenvalue weighted by molar-refractivity contribution is 6.19. The summed E-state index contributed by atoms with van der Waals surface area (Å²) in [6.45, 7) is 13.5. The number of aliphatic hydroxyl groups is 2. The SMILES string of the molecule is CO[C@H]1/C=C/O[C@@]2(C)Oc3c(C)c(O)c4c(O)c(c5c(c4c3C2=O)=NCC[C@H]2CC[C@@H](CN=5)N2C)NC(=O)/C(C)=C\C=C\[C@H](C)[C@H](O)[C@@H](C)[C@@H](O)[C@@H](C)[C@H](OC(C)=O)[C@@H]1C. The molecule has 4 aliphatic rings. The first-order chi connectivity index (χ1) is 28.3. The summed E-state index contributed by atoms with van der Waals surface area (Å²) in [5.74, 6) is -6.91. The predicted octanol–water partition coefficient (Wildman–Crippen LogP) is 4.15. The first kappa shape index (κ1) is 44.7. The molecule has 15 heteroatoms. The Hall–Kier alpha value is -4.83. The molecule has 326 valence electrons. The van der Waals surface area contributed by atoms with Gasteiger partial charge < -0.3 is 44.7 Å². The molecule has 2 aromatic rings. The number of carbonyl (C=O) groups is 3. The predicted molar refractivity (Wildman–Crippen MR) is 223 cm³/mol. The second-order valence-corrected chi connectivity index (χ2v) is 17.1. The number of carbonyl (C=O) groups excluding carboxylic acids is 3. The third kappa shape index (κ3) is 8.16. The molecular weight excluding hydrogens is 773 g/mol. The molecule has 1 saturated heterocycles. The average Bonchev–Trinajstić information content (AvgIpc) is 3.68. The Morgan fingerprint density at radius 1 is 0.933 bits per heavy atom. The van der Waals surface area contributed by atoms with Crippen molar-refractivity contribution in [3.63, 3.8) is 0 Å². The van der Waals surface area contributed by atoms with Crippen LogP contribution in [-0.2, 0) is 23.8 Å². The van der Waals surface area contributed by atoms with E-state index in [-0.39, 0.29) is 67.5 Å². The number of likely N-dealkylation sites (N-methyl/N-ethyl adjacent to an activating group) is 1. The molecule has 1 amide bonds. The van der Waals surface area contributed by atoms with Crippen LogP contribution in [0.4, 0.5) is 5.69 Å². The number of esters is 1. The molecule has 0 unspecified atom stereocenters. The molecule has 6 bridgehead atoms. The molecule has 2 aromatic carbocycles. The lowest BCUT2D eigenvalue weighted by Crippen LogP contribution is -2.46. The largest absolute Gasteiger partial charge is 0.507 e. The normalized spacial score (nSPS) is 34.9. The smallest absolute Gasteiger partial charge is 0.312 e. The van der Waals surface area contributed by atoms with Gasteiger partial charge in [-0.1, -0.05) is 45.9 Å². The van der Waals surface area contributed by atoms with E-state index in [1.807, 2.05) is 0 Å². The van der Waals surface area contributed by atoms with Crippen LogP contribution in [0.5, 0.6) is 17.2 Å². The molecule has 4 aliphatic heterocycles. The number of aliphatic hydroxyl groups excluding tert-OH is 2. The van der Waals surface area contributed by atoms with Crippen molar-refractivity contribution in [3.05, 3.63) is 58.0 Å². The minimum absolute atomic E-state index is 0.0345. The van der Waals surface area contributed by atoms with Gasteiger partial charge >= 0.3 is 11.8 Å². The van der Waals surface area contributed by atoms with Gasteiger partial charge in [0.15, 0.2) is 5.75 Å². The number of Topliss-reactive ketones (excluding diaryl/α,β-unsaturated/α-hetero) is 1. The molecule has 11 atom stereocenters. The Bertz CT molecular complexity index is 2250. The summed E-state index contributed by atoms with van der Waals surface area (Å²) >= 11 is 0. The van der Waals surface area contributed by atoms with E-state index < -0.39 is 77.3 Å². The lowest BCUT2D eigenvalue weighted by atomic mass is 9.78. The third-order valence-corrected chi connectivity index (χ3v) is 13.1. The van der Waals surface area contributed by atoms with Crippen molar-refractivity contribution < 1.29 is 53.8 Å². The number of amides is 1. The van der Waals surface area contributed by atoms with Gasteiger partial charge in [0.05, 0.1) is 47.4 Å². The second kappa shape index (κ2) is 17.6. The van der Waals surface area contributed by atoms with E-state index in [1.165, 1.54) is 27.2 Å². The van der Waals surface area contributed by atoms with E-state index in [1.54, 1.807) is 65.8 Å². The van der Waals surface area contributed by atoms with Gasteiger partial charge in [-0.25, -0.2) is 0 Å². The number of phenolic OH excluding ortho intramolecular Hbond substituents is 2. The minimum atomic E-state index is -1.96. The van der Waals surface area contributed by atoms with Crippen molar-refractivity contribution in [2.24, 2.45) is 33.7 Å². The molecule has 0 spiro atoms. The zero-order valence-electron chi connectivity index (χ0n) is 36.2. The van der Waals surface area contributed by atoms with Gasteiger partial charge in [0.2, 0.25) is 0 Å². The Morgan fingerprint density at radius 2 is 1.63 bits per heavy atom. The third-order valence-electron chi connectivity index (χ3n) is 13.1. The lowest BCUT2D eigenvalue weighted by Gasteiger charge is -2.38. The Kier molecular flexibility index (Phi) is 13.1. The average molecular weight is 833 g/mol. The number of methoxy groups -OCH3 is 1. The topological polar surface area (TPSA) is 209 Å². The van der Waals surface area contributed by atoms with Crippen LogP contribution in [0.2, 0.25) is 0 Å². The number of hydrogen-bond acceptors (Lipinski definition) is 14. The highest BCUT2D eigenvalue weighted by atomic mass is 16.7. The van der Waals surface area contributed by atoms with E-state index in [9.17, 15) is 34.8 Å². The van der Waals surface area contributed by atoms with Crippen molar-refractivity contribution in [1.82, 2.24) is 4.90 Å². The van der Waals surface area contributed by atoms with Crippen molar-refractivity contribution in [3.8, 4) is 17.2 Å². The maximum Gasteiger partial charge on any atom is 0.312 e. The number of aromatic hydroxyl groups is 2. The summed E-state index contributed by atoms with van der Waals surface area (Å²) in [5.41, 5.74) is 0.374. The van der Waals surface area contributed by atoms with E-state index in [4.69, 9.17) is 28.9 Å². The Morgan fingerprint density at radius 3 is 2.32 bits per heavy atom. The quantitative estimate of drug-likeness (QED) is 0.214. The number of ether oxygens (including phenoxy) is 4. The molecule has 15 nitrogen and oxygen atoms in total. The van der Waals surface area contributed by atoms with Gasteiger partial charge in [-0.3, -0.25) is 29.3 Å². The van der Waals surface area contributed by atoms with E-state index in [2.05, 4.69) is 17.3 Å². The molecular formula is C45H60N4O11. The molecule has 1 fully saturated rings. The van der Waals surface area contributed by atoms with Gasteiger partial charge in [-0.05, 0) is 46.2 Å². The zero-order chi connectivity index (χ0) is 44.0. The van der Waals surface area contributed by atoms with E-state index >= 15 is 0 Å². The number of nitrogens with zero attached hydrogens (tertiary/aromatic N) is 3. The van der Waals surface area contributed by atoms with Crippen LogP contribution in [0.25, 0.3) is 10.8 Å². The summed E-state index contributed by atoms with van der Waals surface area (Å²) in [4.78, 5) is 53.3. The van der Waals surface area contributed by atoms with Crippen molar-refractivity contribution in [2.45, 2.75) is 117 Å². The first-order valence-corrected chi connectivity index (χ1v) is 20.8. The number of hydrogen-bond donors (Lipinski definition) is 5. The van der Waals surface area contributed by atoms with Crippen molar-refractivity contribution >= 4 is 34.1 Å². The van der Waals surface area contributed by atoms with E-state index in [0.717, 1.165) is 12.8 Å². The molecule has 0 radical (unpaired) electrons. The Labute approximate surface area is 350 Å². The number of benzene rings is 2. The molecule has 0 saturated carbocycles. The van der Waals surface area contributed by atoms with Crippen LogP contribution >= 0.6 is 0 Å². The second-order valence-electron chi connectivity index (χ2n) is 17.1. The van der Waals surface area contributed by atoms with Crippen LogP contribution in [-0.4, -0.2) is 113 Å². The fourth-order valence-electron chi connectivity index (χ4n) is 9.20. The summed E-state index contributed by atoms with van der Waals surface area (Å²) in [6, 6.07) is 0.360. The number of nitrogens with one attached hydrogen (secondary N) is 1. The number of ketones is 1. The van der Waals surface area contributed by atoms with Gasteiger partial charge in [-0.15, -0.1) is 0 Å². The molecule has 0 aromatic heterocycles. The van der Waals surface area contributed by atoms with Crippen molar-refractivity contribution in [1.29, 1.82) is 0 Å². The summed E-state index contributed by atoms with van der Waals surface area (Å²) in [5, 5.41) is 50.2. The first-order valence-electron chi connectivity index (χ1n) is 20.8. The monoisotopic (exact) mass is 832 g/mol. The maximum absolute atomic E-state index is 14.7. The molecule has 60 heavy (non-hydrogen) atoms. The number of rotatable bonds is 2. The van der Waals surface area contributed by atoms with Crippen LogP contribution in [0.15, 0.2) is 46.1 Å². The highest BCUT2D eigenvalue weighted by Gasteiger charge is 2.49. The van der Waals surface area contributed by atoms with E-state index in [0.29, 0.717) is 19.5 Å². The number of phenols is 2. The van der Waals surface area contributed by atoms with Gasteiger partial charge in [0, 0.05) is 79.8 Å². The zero-order valence-corrected chi connectivity index (χ0v) is 36.2. The lowest BCUT2D eigenvalue weighted by molar-refractivity contribution is -0.160.